The molecule has 2 rings (SSSR count). The summed E-state index contributed by atoms with van der Waals surface area (Å²) in [5.74, 6) is 0. The summed E-state index contributed by atoms with van der Waals surface area (Å²) in [7, 11) is 0. The molecule has 2 saturated heterocycles. The van der Waals surface area contributed by atoms with Crippen LogP contribution in [0.25, 0.3) is 0 Å². The fraction of sp³-hybridized carbons (Fsp3) is 0.917. The van der Waals surface area contributed by atoms with Crippen molar-refractivity contribution in [1.29, 1.82) is 0 Å². The van der Waals surface area contributed by atoms with Crippen LogP contribution in [0.2, 0.25) is 0 Å². The van der Waals surface area contributed by atoms with E-state index < -0.39 is 0 Å². The molecule has 2 fully saturated rings. The quantitative estimate of drug-likeness (QED) is 0.674. The first-order valence-electron chi connectivity index (χ1n) is 6.54. The van der Waals surface area contributed by atoms with Crippen molar-refractivity contribution in [1.82, 2.24) is 15.1 Å². The van der Waals surface area contributed by atoms with Gasteiger partial charge in [0.25, 0.3) is 0 Å². The molecule has 0 unspecified atom stereocenters. The van der Waals surface area contributed by atoms with Gasteiger partial charge < -0.3 is 15.1 Å². The van der Waals surface area contributed by atoms with Crippen LogP contribution < -0.4 is 5.32 Å². The summed E-state index contributed by atoms with van der Waals surface area (Å²) in [6.07, 6.45) is 4.91. The van der Waals surface area contributed by atoms with E-state index in [9.17, 15) is 4.79 Å². The lowest BCUT2D eigenvalue weighted by atomic mass is 10.2. The molecule has 0 aliphatic carbocycles. The second-order valence-corrected chi connectivity index (χ2v) is 4.99. The van der Waals surface area contributed by atoms with E-state index in [-0.39, 0.29) is 6.03 Å². The summed E-state index contributed by atoms with van der Waals surface area (Å²) in [4.78, 5) is 16.3. The molecule has 2 aliphatic rings. The number of carbonyl (C=O) groups is 1. The van der Waals surface area contributed by atoms with Gasteiger partial charge >= 0.3 is 6.03 Å². The summed E-state index contributed by atoms with van der Waals surface area (Å²) in [5.41, 5.74) is 0. The topological polar surface area (TPSA) is 35.6 Å². The first-order valence-corrected chi connectivity index (χ1v) is 6.54. The van der Waals surface area contributed by atoms with Crippen molar-refractivity contribution in [2.75, 3.05) is 32.7 Å². The minimum Gasteiger partial charge on any atom is -0.325 e. The molecule has 0 saturated carbocycles. The molecule has 2 amide bonds. The average Bonchev–Trinajstić information content (AvgIpc) is 2.56. The summed E-state index contributed by atoms with van der Waals surface area (Å²) < 4.78 is 0. The minimum atomic E-state index is 0.259. The van der Waals surface area contributed by atoms with Gasteiger partial charge in [0, 0.05) is 38.8 Å². The molecule has 1 N–H and O–H groups in total. The summed E-state index contributed by atoms with van der Waals surface area (Å²) in [6, 6.07) is 0.694. The summed E-state index contributed by atoms with van der Waals surface area (Å²) in [5, 5.41) is 3.37. The van der Waals surface area contributed by atoms with Crippen LogP contribution in [-0.2, 0) is 0 Å². The van der Waals surface area contributed by atoms with Crippen molar-refractivity contribution >= 4 is 6.03 Å². The Kier molecular flexibility index (Phi) is 4.04. The van der Waals surface area contributed by atoms with Crippen molar-refractivity contribution in [3.05, 3.63) is 0 Å². The Hall–Kier alpha value is -0.770. The Balaban J connectivity index is 1.89. The van der Waals surface area contributed by atoms with Crippen LogP contribution in [-0.4, -0.2) is 54.6 Å². The minimum absolute atomic E-state index is 0.259. The third-order valence-corrected chi connectivity index (χ3v) is 3.52. The van der Waals surface area contributed by atoms with Crippen LogP contribution in [0.4, 0.5) is 4.79 Å². The zero-order valence-corrected chi connectivity index (χ0v) is 10.2. The maximum absolute atomic E-state index is 12.3. The molecule has 92 valence electrons. The molecule has 0 spiro atoms. The van der Waals surface area contributed by atoms with E-state index in [1.54, 1.807) is 0 Å². The largest absolute Gasteiger partial charge is 0.325 e. The number of rotatable bonds is 0. The van der Waals surface area contributed by atoms with Crippen molar-refractivity contribution in [3.8, 4) is 0 Å². The number of hydrogen-bond donors (Lipinski definition) is 1. The number of carbonyl (C=O) groups excluding carboxylic acids is 1. The molecule has 2 aliphatic heterocycles. The highest BCUT2D eigenvalue weighted by Gasteiger charge is 2.25. The molecule has 1 atom stereocenters. The second kappa shape index (κ2) is 5.53. The number of nitrogens with one attached hydrogen (secondary N) is 1. The van der Waals surface area contributed by atoms with E-state index in [1.807, 2.05) is 9.80 Å². The Morgan fingerprint density at radius 2 is 1.75 bits per heavy atom. The molecule has 0 aromatic carbocycles. The van der Waals surface area contributed by atoms with E-state index in [0.29, 0.717) is 6.04 Å². The SMILES string of the molecule is C[C@H]1CN(C(=O)N2CCCCCC2)CCN1. The van der Waals surface area contributed by atoms with Gasteiger partial charge in [-0.1, -0.05) is 12.8 Å². The van der Waals surface area contributed by atoms with Crippen molar-refractivity contribution in [2.24, 2.45) is 0 Å². The van der Waals surface area contributed by atoms with Crippen molar-refractivity contribution < 1.29 is 4.79 Å². The van der Waals surface area contributed by atoms with Crippen molar-refractivity contribution in [3.63, 3.8) is 0 Å². The third-order valence-electron chi connectivity index (χ3n) is 3.52. The fourth-order valence-electron chi connectivity index (χ4n) is 2.57. The third kappa shape index (κ3) is 2.88. The van der Waals surface area contributed by atoms with Gasteiger partial charge in [-0.2, -0.15) is 0 Å². The normalized spacial score (nSPS) is 27.7. The molecular weight excluding hydrogens is 202 g/mol. The lowest BCUT2D eigenvalue weighted by Gasteiger charge is -2.35. The molecular formula is C12H23N3O. The number of hydrogen-bond acceptors (Lipinski definition) is 2. The van der Waals surface area contributed by atoms with Gasteiger partial charge in [-0.3, -0.25) is 0 Å². The van der Waals surface area contributed by atoms with E-state index in [2.05, 4.69) is 12.2 Å². The Bertz CT molecular complexity index is 232. The van der Waals surface area contributed by atoms with Crippen LogP contribution in [0.5, 0.6) is 0 Å². The Morgan fingerprint density at radius 3 is 2.38 bits per heavy atom. The maximum Gasteiger partial charge on any atom is 0.320 e. The average molecular weight is 225 g/mol. The van der Waals surface area contributed by atoms with Gasteiger partial charge in [0.05, 0.1) is 0 Å². The highest BCUT2D eigenvalue weighted by Crippen LogP contribution is 2.12. The van der Waals surface area contributed by atoms with Crippen LogP contribution in [0.15, 0.2) is 0 Å². The molecule has 16 heavy (non-hydrogen) atoms. The van der Waals surface area contributed by atoms with Gasteiger partial charge in [0.1, 0.15) is 0 Å². The standard InChI is InChI=1S/C12H23N3O/c1-11-10-15(9-6-13-11)12(16)14-7-4-2-3-5-8-14/h11,13H,2-10H2,1H3/t11-/m0/s1. The highest BCUT2D eigenvalue weighted by atomic mass is 16.2. The van der Waals surface area contributed by atoms with E-state index in [4.69, 9.17) is 0 Å². The number of urea groups is 1. The molecule has 0 aromatic heterocycles. The van der Waals surface area contributed by atoms with Gasteiger partial charge in [-0.05, 0) is 19.8 Å². The van der Waals surface area contributed by atoms with Crippen LogP contribution in [0.1, 0.15) is 32.6 Å². The molecule has 4 nitrogen and oxygen atoms in total. The van der Waals surface area contributed by atoms with Gasteiger partial charge in [0.15, 0.2) is 0 Å². The van der Waals surface area contributed by atoms with E-state index in [0.717, 1.165) is 32.7 Å². The van der Waals surface area contributed by atoms with Gasteiger partial charge in [0.2, 0.25) is 0 Å². The second-order valence-electron chi connectivity index (χ2n) is 4.99. The maximum atomic E-state index is 12.3. The molecule has 0 radical (unpaired) electrons. The molecule has 4 heteroatoms. The van der Waals surface area contributed by atoms with E-state index >= 15 is 0 Å². The van der Waals surface area contributed by atoms with Crippen LogP contribution in [0, 0.1) is 0 Å². The van der Waals surface area contributed by atoms with E-state index in [1.165, 1.54) is 25.7 Å². The molecule has 2 heterocycles. The smallest absolute Gasteiger partial charge is 0.320 e. The predicted octanol–water partition coefficient (Wildman–Crippen LogP) is 1.28. The predicted molar refractivity (Wildman–Crippen MR) is 64.5 cm³/mol. The lowest BCUT2D eigenvalue weighted by molar-refractivity contribution is 0.140. The fourth-order valence-corrected chi connectivity index (χ4v) is 2.57. The summed E-state index contributed by atoms with van der Waals surface area (Å²) >= 11 is 0. The van der Waals surface area contributed by atoms with Crippen LogP contribution in [0.3, 0.4) is 0 Å². The number of amides is 2. The summed E-state index contributed by atoms with van der Waals surface area (Å²) in [6.45, 7) is 6.70. The lowest BCUT2D eigenvalue weighted by Crippen LogP contribution is -2.55. The first-order chi connectivity index (χ1) is 7.77. The first kappa shape index (κ1) is 11.7. The highest BCUT2D eigenvalue weighted by molar-refractivity contribution is 5.74. The van der Waals surface area contributed by atoms with Gasteiger partial charge in [-0.25, -0.2) is 4.79 Å². The Morgan fingerprint density at radius 1 is 1.06 bits per heavy atom. The molecule has 0 bridgehead atoms. The zero-order chi connectivity index (χ0) is 11.4. The van der Waals surface area contributed by atoms with Gasteiger partial charge in [-0.15, -0.1) is 0 Å². The van der Waals surface area contributed by atoms with Crippen LogP contribution >= 0.6 is 0 Å². The monoisotopic (exact) mass is 225 g/mol. The zero-order valence-electron chi connectivity index (χ0n) is 10.2. The number of piperazine rings is 1. The number of nitrogens with zero attached hydrogens (tertiary/aromatic N) is 2. The Labute approximate surface area is 98.0 Å². The molecule has 0 aromatic rings. The van der Waals surface area contributed by atoms with Crippen molar-refractivity contribution in [2.45, 2.75) is 38.6 Å². The number of likely N-dealkylation sites (tertiary alicyclic amines) is 1.